The first-order chi connectivity index (χ1) is 19.0. The number of methoxy groups -OCH3 is 1. The van der Waals surface area contributed by atoms with Gasteiger partial charge in [-0.25, -0.2) is 9.97 Å². The molecule has 0 aliphatic heterocycles. The predicted molar refractivity (Wildman–Crippen MR) is 147 cm³/mol. The van der Waals surface area contributed by atoms with Crippen LogP contribution in [0.5, 0.6) is 5.75 Å². The molecule has 3 aromatic heterocycles. The molecule has 39 heavy (non-hydrogen) atoms. The number of benzene rings is 2. The maximum absolute atomic E-state index is 11.9. The van der Waals surface area contributed by atoms with E-state index in [0.29, 0.717) is 40.2 Å². The lowest BCUT2D eigenvalue weighted by Gasteiger charge is -2.10. The molecule has 11 nitrogen and oxygen atoms in total. The van der Waals surface area contributed by atoms with E-state index in [4.69, 9.17) is 36.3 Å². The van der Waals surface area contributed by atoms with Crippen LogP contribution in [0.15, 0.2) is 73.2 Å². The average Bonchev–Trinajstić information content (AvgIpc) is 3.33. The van der Waals surface area contributed by atoms with Crippen molar-refractivity contribution in [2.24, 2.45) is 0 Å². The zero-order valence-corrected chi connectivity index (χ0v) is 21.8. The molecule has 3 N–H and O–H groups in total. The summed E-state index contributed by atoms with van der Waals surface area (Å²) < 4.78 is 7.31. The van der Waals surface area contributed by atoms with Crippen LogP contribution in [-0.2, 0) is 11.3 Å². The Balaban J connectivity index is 0.00000112. The number of rotatable bonds is 7. The molecule has 0 aliphatic rings. The molecular formula is C27H24ClN7O4. The Morgan fingerprint density at radius 2 is 1.90 bits per heavy atom. The van der Waals surface area contributed by atoms with Crippen LogP contribution < -0.4 is 15.4 Å². The molecule has 198 valence electrons. The largest absolute Gasteiger partial charge is 0.491 e. The second-order valence-electron chi connectivity index (χ2n) is 7.99. The Kier molecular flexibility index (Phi) is 8.64. The number of hydrogen-bond donors (Lipinski definition) is 3. The van der Waals surface area contributed by atoms with Crippen LogP contribution in [0, 0.1) is 0 Å². The number of carbonyl (C=O) groups is 2. The molecule has 5 rings (SSSR count). The van der Waals surface area contributed by atoms with Crippen molar-refractivity contribution in [3.8, 4) is 17.3 Å². The van der Waals surface area contributed by atoms with Crippen molar-refractivity contribution in [1.29, 1.82) is 0 Å². The van der Waals surface area contributed by atoms with E-state index in [1.807, 2.05) is 47.1 Å². The van der Waals surface area contributed by atoms with Gasteiger partial charge in [0.15, 0.2) is 17.4 Å². The number of anilines is 2. The highest BCUT2D eigenvalue weighted by molar-refractivity contribution is 6.31. The number of hydrogen-bond acceptors (Lipinski definition) is 8. The average molecular weight is 546 g/mol. The predicted octanol–water partition coefficient (Wildman–Crippen LogP) is 4.40. The Morgan fingerprint density at radius 1 is 1.15 bits per heavy atom. The standard InChI is InChI=1S/C26H22ClN7O2.CH2O2/c1-28-26(35)16-7-8-17(20(27)13-16)15-34-21-6-4-3-5-19(21)23(33-34)25-30-14-22(36-2)24(32-25)31-18-9-11-29-12-10-18;2-1-3/h3-14H,15H2,1-2H3,(H,28,35)(H,29,30,31,32);1H,(H,2,3). The van der Waals surface area contributed by atoms with Crippen molar-refractivity contribution in [3.63, 3.8) is 0 Å². The Bertz CT molecular complexity index is 1610. The molecule has 1 amide bonds. The smallest absolute Gasteiger partial charge is 0.290 e. The fourth-order valence-corrected chi connectivity index (χ4v) is 4.07. The lowest BCUT2D eigenvalue weighted by atomic mass is 10.1. The van der Waals surface area contributed by atoms with Gasteiger partial charge in [-0.1, -0.05) is 35.9 Å². The molecule has 0 fully saturated rings. The van der Waals surface area contributed by atoms with Gasteiger partial charge < -0.3 is 20.5 Å². The fourth-order valence-electron chi connectivity index (χ4n) is 3.83. The summed E-state index contributed by atoms with van der Waals surface area (Å²) in [4.78, 5) is 33.6. The molecule has 0 atom stereocenters. The van der Waals surface area contributed by atoms with Gasteiger partial charge in [0.25, 0.3) is 12.4 Å². The maximum atomic E-state index is 11.9. The van der Waals surface area contributed by atoms with Gasteiger partial charge in [0.2, 0.25) is 0 Å². The summed E-state index contributed by atoms with van der Waals surface area (Å²) in [5.41, 5.74) is 3.68. The molecule has 5 aromatic rings. The van der Waals surface area contributed by atoms with E-state index in [0.717, 1.165) is 22.2 Å². The first kappa shape index (κ1) is 27.0. The lowest BCUT2D eigenvalue weighted by molar-refractivity contribution is -0.122. The minimum absolute atomic E-state index is 0.192. The summed E-state index contributed by atoms with van der Waals surface area (Å²) in [6.45, 7) is 0.158. The van der Waals surface area contributed by atoms with E-state index < -0.39 is 0 Å². The van der Waals surface area contributed by atoms with Crippen LogP contribution >= 0.6 is 11.6 Å². The number of aromatic nitrogens is 5. The van der Waals surface area contributed by atoms with Crippen molar-refractivity contribution >= 4 is 46.4 Å². The zero-order chi connectivity index (χ0) is 27.8. The van der Waals surface area contributed by atoms with Gasteiger partial charge in [0.1, 0.15) is 5.69 Å². The summed E-state index contributed by atoms with van der Waals surface area (Å²) in [5, 5.41) is 19.0. The van der Waals surface area contributed by atoms with Crippen molar-refractivity contribution < 1.29 is 19.4 Å². The van der Waals surface area contributed by atoms with Crippen molar-refractivity contribution in [2.75, 3.05) is 19.5 Å². The SMILES string of the molecule is CNC(=O)c1ccc(Cn2nc(-c3ncc(OC)c(Nc4ccncc4)n3)c3ccccc32)c(Cl)c1.O=CO. The lowest BCUT2D eigenvalue weighted by Crippen LogP contribution is -2.17. The van der Waals surface area contributed by atoms with Gasteiger partial charge in [-0.2, -0.15) is 5.10 Å². The Labute approximate surface area is 228 Å². The van der Waals surface area contributed by atoms with Crippen LogP contribution in [0.1, 0.15) is 15.9 Å². The highest BCUT2D eigenvalue weighted by Gasteiger charge is 2.18. The molecule has 0 bridgehead atoms. The van der Waals surface area contributed by atoms with E-state index in [9.17, 15) is 4.79 Å². The molecule has 0 unspecified atom stereocenters. The Hall–Kier alpha value is -5.03. The summed E-state index contributed by atoms with van der Waals surface area (Å²) in [6, 6.07) is 16.8. The van der Waals surface area contributed by atoms with Gasteiger partial charge in [-0.3, -0.25) is 19.3 Å². The monoisotopic (exact) mass is 545 g/mol. The summed E-state index contributed by atoms with van der Waals surface area (Å²) in [5.74, 6) is 1.27. The highest BCUT2D eigenvalue weighted by atomic mass is 35.5. The molecule has 0 aliphatic carbocycles. The first-order valence-electron chi connectivity index (χ1n) is 11.6. The third-order valence-corrected chi connectivity index (χ3v) is 6.00. The number of amides is 1. The molecule has 0 saturated heterocycles. The summed E-state index contributed by atoms with van der Waals surface area (Å²) >= 11 is 6.51. The summed E-state index contributed by atoms with van der Waals surface area (Å²) in [6.07, 6.45) is 5.00. The van der Waals surface area contributed by atoms with Crippen molar-refractivity contribution in [1.82, 2.24) is 30.0 Å². The van der Waals surface area contributed by atoms with Crippen LogP contribution in [0.25, 0.3) is 22.4 Å². The molecule has 2 aromatic carbocycles. The number of nitrogens with zero attached hydrogens (tertiary/aromatic N) is 5. The number of nitrogens with one attached hydrogen (secondary N) is 2. The molecule has 12 heteroatoms. The normalized spacial score (nSPS) is 10.3. The quantitative estimate of drug-likeness (QED) is 0.253. The van der Waals surface area contributed by atoms with E-state index in [-0.39, 0.29) is 12.4 Å². The number of carboxylic acid groups (broad SMARTS) is 1. The van der Waals surface area contributed by atoms with Crippen LogP contribution in [0.2, 0.25) is 5.02 Å². The number of pyridine rings is 1. The highest BCUT2D eigenvalue weighted by Crippen LogP contribution is 2.31. The Morgan fingerprint density at radius 3 is 2.59 bits per heavy atom. The van der Waals surface area contributed by atoms with Crippen LogP contribution in [0.3, 0.4) is 0 Å². The third-order valence-electron chi connectivity index (χ3n) is 5.65. The number of fused-ring (bicyclic) bond motifs is 1. The number of ether oxygens (including phenoxy) is 1. The van der Waals surface area contributed by atoms with Gasteiger partial charge >= 0.3 is 0 Å². The topological polar surface area (TPSA) is 144 Å². The van der Waals surface area contributed by atoms with Gasteiger partial charge in [-0.15, -0.1) is 0 Å². The van der Waals surface area contributed by atoms with Gasteiger partial charge in [-0.05, 0) is 35.9 Å². The van der Waals surface area contributed by atoms with E-state index >= 15 is 0 Å². The second-order valence-corrected chi connectivity index (χ2v) is 8.39. The third kappa shape index (κ3) is 6.11. The fraction of sp³-hybridized carbons (Fsp3) is 0.111. The molecule has 0 spiro atoms. The van der Waals surface area contributed by atoms with Gasteiger partial charge in [0, 0.05) is 41.1 Å². The van der Waals surface area contributed by atoms with Crippen molar-refractivity contribution in [2.45, 2.75) is 6.54 Å². The molecular weight excluding hydrogens is 522 g/mol. The second kappa shape index (κ2) is 12.5. The van der Waals surface area contributed by atoms with E-state index in [2.05, 4.69) is 20.6 Å². The maximum Gasteiger partial charge on any atom is 0.290 e. The van der Waals surface area contributed by atoms with E-state index in [1.165, 1.54) is 0 Å². The molecule has 3 heterocycles. The van der Waals surface area contributed by atoms with Crippen LogP contribution in [-0.4, -0.2) is 56.4 Å². The molecule has 0 saturated carbocycles. The zero-order valence-electron chi connectivity index (χ0n) is 21.0. The number of carbonyl (C=O) groups excluding carboxylic acids is 1. The minimum Gasteiger partial charge on any atom is -0.491 e. The number of halogens is 1. The van der Waals surface area contributed by atoms with Crippen LogP contribution in [0.4, 0.5) is 11.5 Å². The first-order valence-corrected chi connectivity index (χ1v) is 12.0. The summed E-state index contributed by atoms with van der Waals surface area (Å²) in [7, 11) is 3.15. The number of para-hydroxylation sites is 1. The molecule has 0 radical (unpaired) electrons. The van der Waals surface area contributed by atoms with E-state index in [1.54, 1.807) is 44.9 Å². The van der Waals surface area contributed by atoms with Gasteiger partial charge in [0.05, 0.1) is 25.4 Å². The van der Waals surface area contributed by atoms with Crippen molar-refractivity contribution in [3.05, 3.63) is 89.3 Å². The minimum atomic E-state index is -0.250.